The Morgan fingerprint density at radius 3 is 2.93 bits per heavy atom. The van der Waals surface area contributed by atoms with Crippen molar-refractivity contribution in [3.05, 3.63) is 23.7 Å². The van der Waals surface area contributed by atoms with Crippen LogP contribution in [-0.4, -0.2) is 6.61 Å². The van der Waals surface area contributed by atoms with Gasteiger partial charge >= 0.3 is 7.60 Å². The van der Waals surface area contributed by atoms with E-state index in [1.165, 1.54) is 5.82 Å². The minimum Gasteiger partial charge on any atom is -0.426 e. The highest BCUT2D eigenvalue weighted by Gasteiger charge is 2.24. The molecule has 80 valence electrons. The zero-order valence-electron chi connectivity index (χ0n) is 8.73. The molecule has 1 atom stereocenters. The Hall–Kier alpha value is -0.530. The molecule has 1 aliphatic rings. The molecule has 0 aliphatic carbocycles. The molecular weight excluding hydrogens is 199 g/mol. The first-order valence-electron chi connectivity index (χ1n) is 5.02. The molecule has 0 aromatic heterocycles. The predicted molar refractivity (Wildman–Crippen MR) is 57.1 cm³/mol. The lowest BCUT2D eigenvalue weighted by molar-refractivity contribution is 0.252. The Morgan fingerprint density at radius 1 is 1.50 bits per heavy atom. The van der Waals surface area contributed by atoms with E-state index in [1.807, 2.05) is 6.08 Å². The third-order valence-electron chi connectivity index (χ3n) is 1.88. The molecule has 3 nitrogen and oxygen atoms in total. The maximum atomic E-state index is 11.8. The lowest BCUT2D eigenvalue weighted by Crippen LogP contribution is -1.97. The summed E-state index contributed by atoms with van der Waals surface area (Å²) >= 11 is 0. The summed E-state index contributed by atoms with van der Waals surface area (Å²) in [6, 6.07) is 0. The normalized spacial score (nSPS) is 25.7. The summed E-state index contributed by atoms with van der Waals surface area (Å²) < 4.78 is 22.2. The molecule has 1 unspecified atom stereocenters. The zero-order valence-corrected chi connectivity index (χ0v) is 9.63. The van der Waals surface area contributed by atoms with Crippen LogP contribution in [0, 0.1) is 0 Å². The second-order valence-electron chi connectivity index (χ2n) is 3.13. The van der Waals surface area contributed by atoms with Crippen LogP contribution in [0.1, 0.15) is 33.1 Å². The molecule has 0 amide bonds. The van der Waals surface area contributed by atoms with E-state index in [0.29, 0.717) is 6.61 Å². The van der Waals surface area contributed by atoms with Gasteiger partial charge in [0.2, 0.25) is 0 Å². The van der Waals surface area contributed by atoms with Crippen molar-refractivity contribution in [3.63, 3.8) is 0 Å². The van der Waals surface area contributed by atoms with E-state index in [0.717, 1.165) is 25.0 Å². The van der Waals surface area contributed by atoms with Crippen LogP contribution in [-0.2, 0) is 13.6 Å². The highest BCUT2D eigenvalue weighted by Crippen LogP contribution is 2.53. The fraction of sp³-hybridized carbons (Fsp3) is 0.600. The molecule has 1 rings (SSSR count). The standard InChI is InChI=1S/C10H17O3P/c1-3-5-7-10-8-6-9-14(11,13-10)12-4-2/h6,8-9H,3-5,7H2,1-2H3. The van der Waals surface area contributed by atoms with Gasteiger partial charge in [0.1, 0.15) is 5.76 Å². The molecule has 0 fully saturated rings. The van der Waals surface area contributed by atoms with Crippen LogP contribution in [0.3, 0.4) is 0 Å². The molecule has 0 saturated carbocycles. The Labute approximate surface area is 85.3 Å². The summed E-state index contributed by atoms with van der Waals surface area (Å²) in [7, 11) is -2.96. The van der Waals surface area contributed by atoms with Gasteiger partial charge < -0.3 is 4.52 Å². The number of hydrogen-bond acceptors (Lipinski definition) is 3. The van der Waals surface area contributed by atoms with Crippen molar-refractivity contribution in [3.8, 4) is 0 Å². The molecule has 0 spiro atoms. The third-order valence-corrected chi connectivity index (χ3v) is 3.53. The van der Waals surface area contributed by atoms with E-state index >= 15 is 0 Å². The van der Waals surface area contributed by atoms with Gasteiger partial charge in [-0.05, 0) is 25.5 Å². The van der Waals surface area contributed by atoms with Gasteiger partial charge in [0.05, 0.1) is 6.61 Å². The predicted octanol–water partition coefficient (Wildman–Crippen LogP) is 3.83. The maximum absolute atomic E-state index is 11.8. The number of allylic oxidation sites excluding steroid dienone is 3. The second-order valence-corrected chi connectivity index (χ2v) is 4.95. The minimum absolute atomic E-state index is 0.405. The van der Waals surface area contributed by atoms with E-state index in [4.69, 9.17) is 9.05 Å². The molecule has 0 bridgehead atoms. The van der Waals surface area contributed by atoms with Crippen molar-refractivity contribution >= 4 is 7.60 Å². The van der Waals surface area contributed by atoms with Gasteiger partial charge in [0.15, 0.2) is 0 Å². The summed E-state index contributed by atoms with van der Waals surface area (Å²) in [5, 5.41) is 0. The Bertz CT molecular complexity index is 281. The first-order chi connectivity index (χ1) is 6.70. The number of hydrogen-bond donors (Lipinski definition) is 0. The summed E-state index contributed by atoms with van der Waals surface area (Å²) in [5.41, 5.74) is 0. The molecule has 1 aliphatic heterocycles. The van der Waals surface area contributed by atoms with Crippen molar-refractivity contribution in [2.75, 3.05) is 6.61 Å². The van der Waals surface area contributed by atoms with Gasteiger partial charge in [-0.2, -0.15) is 0 Å². The summed E-state index contributed by atoms with van der Waals surface area (Å²) in [6.45, 7) is 4.32. The number of unbranched alkanes of at least 4 members (excludes halogenated alkanes) is 1. The summed E-state index contributed by atoms with van der Waals surface area (Å²) in [4.78, 5) is 0. The molecule has 1 heterocycles. The van der Waals surface area contributed by atoms with Crippen LogP contribution in [0.15, 0.2) is 23.7 Å². The second kappa shape index (κ2) is 5.38. The van der Waals surface area contributed by atoms with E-state index in [2.05, 4.69) is 6.92 Å². The Kier molecular flexibility index (Phi) is 4.43. The highest BCUT2D eigenvalue weighted by molar-refractivity contribution is 7.57. The van der Waals surface area contributed by atoms with E-state index < -0.39 is 7.60 Å². The van der Waals surface area contributed by atoms with Crippen LogP contribution in [0.4, 0.5) is 0 Å². The van der Waals surface area contributed by atoms with Gasteiger partial charge in [0.25, 0.3) is 0 Å². The molecular formula is C10H17O3P. The third kappa shape index (κ3) is 3.32. The average molecular weight is 216 g/mol. The van der Waals surface area contributed by atoms with Gasteiger partial charge in [-0.1, -0.05) is 13.3 Å². The van der Waals surface area contributed by atoms with E-state index in [-0.39, 0.29) is 0 Å². The van der Waals surface area contributed by atoms with E-state index in [9.17, 15) is 4.57 Å². The number of rotatable bonds is 5. The van der Waals surface area contributed by atoms with Crippen molar-refractivity contribution in [2.24, 2.45) is 0 Å². The van der Waals surface area contributed by atoms with Crippen LogP contribution in [0.5, 0.6) is 0 Å². The lowest BCUT2D eigenvalue weighted by atomic mass is 10.2. The van der Waals surface area contributed by atoms with Crippen LogP contribution in [0.2, 0.25) is 0 Å². The van der Waals surface area contributed by atoms with Crippen molar-refractivity contribution in [1.82, 2.24) is 0 Å². The van der Waals surface area contributed by atoms with Crippen molar-refractivity contribution < 1.29 is 13.6 Å². The monoisotopic (exact) mass is 216 g/mol. The molecule has 0 N–H and O–H groups in total. The van der Waals surface area contributed by atoms with Crippen molar-refractivity contribution in [2.45, 2.75) is 33.1 Å². The quantitative estimate of drug-likeness (QED) is 0.655. The highest BCUT2D eigenvalue weighted by atomic mass is 31.2. The first-order valence-corrected chi connectivity index (χ1v) is 6.63. The van der Waals surface area contributed by atoms with Crippen molar-refractivity contribution in [1.29, 1.82) is 0 Å². The van der Waals surface area contributed by atoms with E-state index in [1.54, 1.807) is 13.0 Å². The smallest absolute Gasteiger partial charge is 0.403 e. The SMILES string of the molecule is CCCCC1=CC=CP(=O)(OCC)O1. The fourth-order valence-electron chi connectivity index (χ4n) is 1.21. The lowest BCUT2D eigenvalue weighted by Gasteiger charge is -2.19. The summed E-state index contributed by atoms with van der Waals surface area (Å²) in [5.74, 6) is 2.28. The minimum atomic E-state index is -2.96. The largest absolute Gasteiger partial charge is 0.426 e. The van der Waals surface area contributed by atoms with Gasteiger partial charge in [-0.15, -0.1) is 0 Å². The summed E-state index contributed by atoms with van der Waals surface area (Å²) in [6.07, 6.45) is 6.59. The maximum Gasteiger partial charge on any atom is 0.403 e. The first kappa shape index (κ1) is 11.5. The Balaban J connectivity index is 2.54. The van der Waals surface area contributed by atoms with Gasteiger partial charge in [0, 0.05) is 12.2 Å². The van der Waals surface area contributed by atoms with Crippen LogP contribution < -0.4 is 0 Å². The molecule has 0 aromatic rings. The van der Waals surface area contributed by atoms with Gasteiger partial charge in [-0.3, -0.25) is 4.52 Å². The molecule has 0 aromatic carbocycles. The molecule has 0 saturated heterocycles. The fourth-order valence-corrected chi connectivity index (χ4v) is 2.54. The molecule has 0 radical (unpaired) electrons. The molecule has 4 heteroatoms. The zero-order chi connectivity index (χ0) is 10.4. The Morgan fingerprint density at radius 2 is 2.29 bits per heavy atom. The van der Waals surface area contributed by atoms with Crippen LogP contribution >= 0.6 is 7.60 Å². The van der Waals surface area contributed by atoms with Crippen LogP contribution in [0.25, 0.3) is 0 Å². The average Bonchev–Trinajstić information content (AvgIpc) is 2.15. The van der Waals surface area contributed by atoms with Gasteiger partial charge in [-0.25, -0.2) is 4.57 Å². The topological polar surface area (TPSA) is 35.5 Å². The molecule has 14 heavy (non-hydrogen) atoms.